The normalized spacial score (nSPS) is 11.6. The summed E-state index contributed by atoms with van der Waals surface area (Å²) >= 11 is 1.15. The number of anilines is 1. The molecule has 130 valence electrons. The highest BCUT2D eigenvalue weighted by molar-refractivity contribution is 7.18. The lowest BCUT2D eigenvalue weighted by atomic mass is 9.92. The van der Waals surface area contributed by atoms with Gasteiger partial charge in [0.15, 0.2) is 5.13 Å². The highest BCUT2D eigenvalue weighted by Gasteiger charge is 2.26. The molecule has 0 fully saturated rings. The molecular formula is C16H15F2N5OS. The van der Waals surface area contributed by atoms with Gasteiger partial charge in [0.05, 0.1) is 5.69 Å². The maximum absolute atomic E-state index is 13.8. The van der Waals surface area contributed by atoms with Crippen molar-refractivity contribution in [3.05, 3.63) is 53.7 Å². The second-order valence-corrected chi connectivity index (χ2v) is 7.29. The SMILES string of the molecule is CC(C)(C)c1nc(NC(=O)c2c(F)cccc2F)sc1-n1cncn1. The summed E-state index contributed by atoms with van der Waals surface area (Å²) in [4.78, 5) is 20.6. The quantitative estimate of drug-likeness (QED) is 0.772. The van der Waals surface area contributed by atoms with Crippen LogP contribution in [0.25, 0.3) is 5.00 Å². The Labute approximate surface area is 146 Å². The number of rotatable bonds is 3. The molecule has 0 unspecified atom stereocenters. The second-order valence-electron chi connectivity index (χ2n) is 6.31. The first kappa shape index (κ1) is 17.2. The largest absolute Gasteiger partial charge is 0.298 e. The first-order valence-electron chi connectivity index (χ1n) is 7.39. The summed E-state index contributed by atoms with van der Waals surface area (Å²) in [6.45, 7) is 5.89. The third-order valence-corrected chi connectivity index (χ3v) is 4.32. The van der Waals surface area contributed by atoms with Gasteiger partial charge in [0.25, 0.3) is 5.91 Å². The van der Waals surface area contributed by atoms with Gasteiger partial charge in [0, 0.05) is 5.41 Å². The van der Waals surface area contributed by atoms with Gasteiger partial charge in [-0.25, -0.2) is 23.4 Å². The first-order valence-corrected chi connectivity index (χ1v) is 8.20. The zero-order valence-corrected chi connectivity index (χ0v) is 14.6. The number of nitrogens with one attached hydrogen (secondary N) is 1. The molecule has 0 saturated heterocycles. The molecule has 0 radical (unpaired) electrons. The van der Waals surface area contributed by atoms with Gasteiger partial charge in [-0.1, -0.05) is 38.2 Å². The zero-order chi connectivity index (χ0) is 18.2. The van der Waals surface area contributed by atoms with Gasteiger partial charge in [-0.15, -0.1) is 0 Å². The van der Waals surface area contributed by atoms with Gasteiger partial charge in [0.1, 0.15) is 34.9 Å². The fourth-order valence-electron chi connectivity index (χ4n) is 2.20. The summed E-state index contributed by atoms with van der Waals surface area (Å²) in [5.74, 6) is -2.75. The third-order valence-electron chi connectivity index (χ3n) is 3.36. The molecule has 1 aromatic carbocycles. The van der Waals surface area contributed by atoms with Crippen LogP contribution < -0.4 is 5.32 Å². The molecule has 1 N–H and O–H groups in total. The fourth-order valence-corrected chi connectivity index (χ4v) is 3.30. The number of hydrogen-bond donors (Lipinski definition) is 1. The van der Waals surface area contributed by atoms with Crippen LogP contribution in [0.15, 0.2) is 30.9 Å². The van der Waals surface area contributed by atoms with Crippen molar-refractivity contribution in [1.29, 1.82) is 0 Å². The van der Waals surface area contributed by atoms with E-state index in [2.05, 4.69) is 20.4 Å². The van der Waals surface area contributed by atoms with Crippen LogP contribution in [0.1, 0.15) is 36.8 Å². The summed E-state index contributed by atoms with van der Waals surface area (Å²) in [6.07, 6.45) is 2.91. The van der Waals surface area contributed by atoms with Crippen molar-refractivity contribution in [2.45, 2.75) is 26.2 Å². The minimum Gasteiger partial charge on any atom is -0.298 e. The summed E-state index contributed by atoms with van der Waals surface area (Å²) in [5, 5.41) is 7.44. The Balaban J connectivity index is 1.98. The van der Waals surface area contributed by atoms with Crippen molar-refractivity contribution in [2.24, 2.45) is 0 Å². The maximum Gasteiger partial charge on any atom is 0.263 e. The van der Waals surface area contributed by atoms with Crippen LogP contribution in [-0.4, -0.2) is 25.7 Å². The van der Waals surface area contributed by atoms with Gasteiger partial charge in [-0.05, 0) is 12.1 Å². The van der Waals surface area contributed by atoms with Gasteiger partial charge >= 0.3 is 0 Å². The number of benzene rings is 1. The average Bonchev–Trinajstić information content (AvgIpc) is 3.14. The molecule has 3 rings (SSSR count). The number of hydrogen-bond acceptors (Lipinski definition) is 5. The Hall–Kier alpha value is -2.68. The van der Waals surface area contributed by atoms with Crippen molar-refractivity contribution in [2.75, 3.05) is 5.32 Å². The van der Waals surface area contributed by atoms with Crippen LogP contribution in [0.5, 0.6) is 0 Å². The number of thiazole rings is 1. The van der Waals surface area contributed by atoms with E-state index in [-0.39, 0.29) is 10.5 Å². The van der Waals surface area contributed by atoms with Crippen LogP contribution in [0.2, 0.25) is 0 Å². The number of aromatic nitrogens is 4. The molecule has 0 aliphatic rings. The van der Waals surface area contributed by atoms with Crippen molar-refractivity contribution in [1.82, 2.24) is 19.7 Å². The minimum atomic E-state index is -0.929. The molecule has 9 heteroatoms. The highest BCUT2D eigenvalue weighted by Crippen LogP contribution is 2.34. The van der Waals surface area contributed by atoms with Gasteiger partial charge in [-0.2, -0.15) is 5.10 Å². The summed E-state index contributed by atoms with van der Waals surface area (Å²) < 4.78 is 29.1. The monoisotopic (exact) mass is 363 g/mol. The number of nitrogens with zero attached hydrogens (tertiary/aromatic N) is 4. The molecule has 0 bridgehead atoms. The molecule has 0 aliphatic carbocycles. The Bertz CT molecular complexity index is 895. The van der Waals surface area contributed by atoms with Crippen molar-refractivity contribution in [3.63, 3.8) is 0 Å². The van der Waals surface area contributed by atoms with E-state index >= 15 is 0 Å². The molecule has 3 aromatic rings. The lowest BCUT2D eigenvalue weighted by molar-refractivity contribution is 0.101. The molecule has 0 spiro atoms. The topological polar surface area (TPSA) is 72.7 Å². The second kappa shape index (κ2) is 6.32. The number of carbonyl (C=O) groups excluding carboxylic acids is 1. The highest BCUT2D eigenvalue weighted by atomic mass is 32.1. The molecule has 1 amide bonds. The predicted molar refractivity (Wildman–Crippen MR) is 90.0 cm³/mol. The first-order chi connectivity index (χ1) is 11.8. The smallest absolute Gasteiger partial charge is 0.263 e. The van der Waals surface area contributed by atoms with Crippen molar-refractivity contribution in [3.8, 4) is 5.00 Å². The van der Waals surface area contributed by atoms with E-state index in [4.69, 9.17) is 0 Å². The van der Waals surface area contributed by atoms with E-state index in [1.165, 1.54) is 23.4 Å². The number of amides is 1. The van der Waals surface area contributed by atoms with Crippen LogP contribution in [0.3, 0.4) is 0 Å². The van der Waals surface area contributed by atoms with Crippen LogP contribution >= 0.6 is 11.3 Å². The molecule has 25 heavy (non-hydrogen) atoms. The molecule has 2 aromatic heterocycles. The molecule has 2 heterocycles. The standard InChI is InChI=1S/C16H15F2N5OS/c1-16(2,3)12-14(23-8-19-7-20-23)25-15(21-12)22-13(24)11-9(17)5-4-6-10(11)18/h4-8H,1-3H3,(H,21,22,24). The molecule has 6 nitrogen and oxygen atoms in total. The summed E-state index contributed by atoms with van der Waals surface area (Å²) in [5.41, 5.74) is -0.283. The molecule has 0 saturated carbocycles. The van der Waals surface area contributed by atoms with E-state index in [1.54, 1.807) is 0 Å². The average molecular weight is 363 g/mol. The Kier molecular flexibility index (Phi) is 4.34. The van der Waals surface area contributed by atoms with E-state index in [0.717, 1.165) is 23.5 Å². The Morgan fingerprint density at radius 3 is 2.48 bits per heavy atom. The lowest BCUT2D eigenvalue weighted by Crippen LogP contribution is -2.17. The molecular weight excluding hydrogens is 348 g/mol. The maximum atomic E-state index is 13.8. The van der Waals surface area contributed by atoms with Crippen LogP contribution in [0, 0.1) is 11.6 Å². The van der Waals surface area contributed by atoms with Crippen LogP contribution in [-0.2, 0) is 5.41 Å². The zero-order valence-electron chi connectivity index (χ0n) is 13.7. The van der Waals surface area contributed by atoms with Crippen molar-refractivity contribution < 1.29 is 13.6 Å². The van der Waals surface area contributed by atoms with E-state index < -0.39 is 23.1 Å². The Morgan fingerprint density at radius 2 is 1.92 bits per heavy atom. The minimum absolute atomic E-state index is 0.225. The summed E-state index contributed by atoms with van der Waals surface area (Å²) in [6, 6.07) is 3.26. The van der Waals surface area contributed by atoms with Crippen LogP contribution in [0.4, 0.5) is 13.9 Å². The van der Waals surface area contributed by atoms with Gasteiger partial charge < -0.3 is 0 Å². The van der Waals surface area contributed by atoms with E-state index in [1.807, 2.05) is 20.8 Å². The molecule has 0 atom stereocenters. The van der Waals surface area contributed by atoms with Gasteiger partial charge in [0.2, 0.25) is 0 Å². The van der Waals surface area contributed by atoms with E-state index in [0.29, 0.717) is 10.7 Å². The lowest BCUT2D eigenvalue weighted by Gasteiger charge is -2.16. The number of carbonyl (C=O) groups is 1. The third kappa shape index (κ3) is 3.41. The molecule has 0 aliphatic heterocycles. The Morgan fingerprint density at radius 1 is 1.24 bits per heavy atom. The van der Waals surface area contributed by atoms with Crippen molar-refractivity contribution >= 4 is 22.4 Å². The predicted octanol–water partition coefficient (Wildman–Crippen LogP) is 3.55. The van der Waals surface area contributed by atoms with E-state index in [9.17, 15) is 13.6 Å². The summed E-state index contributed by atoms with van der Waals surface area (Å²) in [7, 11) is 0. The van der Waals surface area contributed by atoms with Gasteiger partial charge in [-0.3, -0.25) is 10.1 Å². The number of halogens is 2. The fraction of sp³-hybridized carbons (Fsp3) is 0.250.